The Bertz CT molecular complexity index is 489. The van der Waals surface area contributed by atoms with Gasteiger partial charge in [-0.3, -0.25) is 4.79 Å². The van der Waals surface area contributed by atoms with Crippen LogP contribution in [-0.4, -0.2) is 29.0 Å². The summed E-state index contributed by atoms with van der Waals surface area (Å²) in [4.78, 5) is 12.1. The van der Waals surface area contributed by atoms with Gasteiger partial charge in [-0.1, -0.05) is 6.92 Å². The molecule has 0 saturated heterocycles. The predicted octanol–water partition coefficient (Wildman–Crippen LogP) is 2.40. The van der Waals surface area contributed by atoms with Gasteiger partial charge in [-0.2, -0.15) is 5.10 Å². The fourth-order valence-corrected chi connectivity index (χ4v) is 2.93. The van der Waals surface area contributed by atoms with Gasteiger partial charge in [0.25, 0.3) is 5.56 Å². The number of aryl methyl sites for hydroxylation is 1. The molecule has 1 N–H and O–H groups in total. The van der Waals surface area contributed by atoms with Crippen LogP contribution in [0.1, 0.15) is 32.6 Å². The highest BCUT2D eigenvalue weighted by Gasteiger charge is 2.27. The summed E-state index contributed by atoms with van der Waals surface area (Å²) in [5.41, 5.74) is 0.671. The zero-order valence-corrected chi connectivity index (χ0v) is 12.9. The first-order valence-electron chi connectivity index (χ1n) is 6.72. The Morgan fingerprint density at radius 3 is 3.05 bits per heavy atom. The van der Waals surface area contributed by atoms with Gasteiger partial charge in [0.15, 0.2) is 0 Å². The average Bonchev–Trinajstić information content (AvgIpc) is 2.86. The summed E-state index contributed by atoms with van der Waals surface area (Å²) in [5.74, 6) is 0. The molecule has 0 aromatic carbocycles. The molecule has 1 saturated carbocycles. The summed E-state index contributed by atoms with van der Waals surface area (Å²) < 4.78 is 7.48. The zero-order valence-electron chi connectivity index (χ0n) is 11.4. The van der Waals surface area contributed by atoms with E-state index in [4.69, 9.17) is 4.74 Å². The minimum atomic E-state index is -0.0844. The molecule has 5 nitrogen and oxygen atoms in total. The largest absolute Gasteiger partial charge is 0.379 e. The number of ether oxygens (including phenoxy) is 1. The third-order valence-electron chi connectivity index (χ3n) is 3.52. The summed E-state index contributed by atoms with van der Waals surface area (Å²) in [5, 5.41) is 7.57. The minimum absolute atomic E-state index is 0.0844. The van der Waals surface area contributed by atoms with Crippen LogP contribution in [0, 0.1) is 0 Å². The topological polar surface area (TPSA) is 56.1 Å². The molecule has 1 aromatic rings. The smallest absolute Gasteiger partial charge is 0.283 e. The van der Waals surface area contributed by atoms with Crippen molar-refractivity contribution in [1.82, 2.24) is 9.78 Å². The van der Waals surface area contributed by atoms with Crippen molar-refractivity contribution < 1.29 is 4.74 Å². The van der Waals surface area contributed by atoms with Crippen LogP contribution in [0.5, 0.6) is 0 Å². The summed E-state index contributed by atoms with van der Waals surface area (Å²) in [7, 11) is 1.73. The fraction of sp³-hybridized carbons (Fsp3) is 0.692. The molecular formula is C13H20BrN3O2. The van der Waals surface area contributed by atoms with E-state index in [0.29, 0.717) is 11.0 Å². The first-order chi connectivity index (χ1) is 9.17. The van der Waals surface area contributed by atoms with Crippen molar-refractivity contribution in [2.24, 2.45) is 0 Å². The monoisotopic (exact) mass is 329 g/mol. The van der Waals surface area contributed by atoms with E-state index in [-0.39, 0.29) is 17.7 Å². The molecule has 106 valence electrons. The molecule has 0 amide bonds. The maximum Gasteiger partial charge on any atom is 0.283 e. The number of aromatic nitrogens is 2. The van der Waals surface area contributed by atoms with E-state index in [1.54, 1.807) is 13.3 Å². The van der Waals surface area contributed by atoms with Gasteiger partial charge in [-0.25, -0.2) is 4.68 Å². The van der Waals surface area contributed by atoms with E-state index in [2.05, 4.69) is 26.3 Å². The van der Waals surface area contributed by atoms with Crippen molar-refractivity contribution >= 4 is 21.6 Å². The van der Waals surface area contributed by atoms with Crippen LogP contribution >= 0.6 is 15.9 Å². The highest BCUT2D eigenvalue weighted by atomic mass is 79.9. The van der Waals surface area contributed by atoms with Crippen LogP contribution in [0.25, 0.3) is 0 Å². The van der Waals surface area contributed by atoms with E-state index >= 15 is 0 Å². The molecule has 0 spiro atoms. The van der Waals surface area contributed by atoms with Crippen molar-refractivity contribution in [1.29, 1.82) is 0 Å². The Balaban J connectivity index is 2.17. The zero-order chi connectivity index (χ0) is 13.8. The molecule has 1 aliphatic carbocycles. The number of nitrogens with zero attached hydrogens (tertiary/aromatic N) is 2. The normalized spacial score (nSPS) is 22.7. The van der Waals surface area contributed by atoms with Crippen LogP contribution < -0.4 is 10.9 Å². The van der Waals surface area contributed by atoms with Crippen molar-refractivity contribution in [3.63, 3.8) is 0 Å². The molecule has 1 fully saturated rings. The second-order valence-corrected chi connectivity index (χ2v) is 5.65. The van der Waals surface area contributed by atoms with Crippen LogP contribution in [-0.2, 0) is 11.3 Å². The van der Waals surface area contributed by atoms with Crippen LogP contribution in [0.15, 0.2) is 15.5 Å². The second-order valence-electron chi connectivity index (χ2n) is 4.86. The highest BCUT2D eigenvalue weighted by molar-refractivity contribution is 9.10. The molecule has 2 atom stereocenters. The van der Waals surface area contributed by atoms with Gasteiger partial charge in [-0.05, 0) is 41.6 Å². The SMILES string of the molecule is CCCn1ncc(NC2CCCC2OC)c(Br)c1=O. The number of hydrogen-bond acceptors (Lipinski definition) is 4. The molecule has 2 rings (SSSR count). The lowest BCUT2D eigenvalue weighted by molar-refractivity contribution is 0.101. The van der Waals surface area contributed by atoms with E-state index in [0.717, 1.165) is 31.4 Å². The standard InChI is InChI=1S/C13H20BrN3O2/c1-3-7-17-13(18)12(14)10(8-15-17)16-9-5-4-6-11(9)19-2/h8-9,11,16H,3-7H2,1-2H3. The molecule has 0 bridgehead atoms. The van der Waals surface area contributed by atoms with Crippen molar-refractivity contribution in [3.05, 3.63) is 21.0 Å². The molecule has 2 unspecified atom stereocenters. The summed E-state index contributed by atoms with van der Waals surface area (Å²) in [6.45, 7) is 2.66. The Morgan fingerprint density at radius 2 is 2.37 bits per heavy atom. The average molecular weight is 330 g/mol. The molecule has 0 aliphatic heterocycles. The fourth-order valence-electron chi connectivity index (χ4n) is 2.51. The quantitative estimate of drug-likeness (QED) is 0.901. The summed E-state index contributed by atoms with van der Waals surface area (Å²) in [6, 6.07) is 0.254. The van der Waals surface area contributed by atoms with Gasteiger partial charge in [0.1, 0.15) is 4.47 Å². The molecule has 0 radical (unpaired) electrons. The Hall–Kier alpha value is -0.880. The minimum Gasteiger partial charge on any atom is -0.379 e. The van der Waals surface area contributed by atoms with Crippen LogP contribution in [0.3, 0.4) is 0 Å². The molecule has 6 heteroatoms. The molecule has 1 aliphatic rings. The molecule has 19 heavy (non-hydrogen) atoms. The number of hydrogen-bond donors (Lipinski definition) is 1. The van der Waals surface area contributed by atoms with Gasteiger partial charge in [0.2, 0.25) is 0 Å². The van der Waals surface area contributed by atoms with Crippen LogP contribution in [0.4, 0.5) is 5.69 Å². The maximum atomic E-state index is 12.1. The molecule has 1 aromatic heterocycles. The number of nitrogens with one attached hydrogen (secondary N) is 1. The lowest BCUT2D eigenvalue weighted by Gasteiger charge is -2.21. The number of rotatable bonds is 5. The van der Waals surface area contributed by atoms with Crippen molar-refractivity contribution in [3.8, 4) is 0 Å². The predicted molar refractivity (Wildman–Crippen MR) is 78.5 cm³/mol. The van der Waals surface area contributed by atoms with Crippen LogP contribution in [0.2, 0.25) is 0 Å². The van der Waals surface area contributed by atoms with Crippen molar-refractivity contribution in [2.75, 3.05) is 12.4 Å². The lowest BCUT2D eigenvalue weighted by atomic mass is 10.2. The van der Waals surface area contributed by atoms with Gasteiger partial charge in [0.05, 0.1) is 24.0 Å². The van der Waals surface area contributed by atoms with Gasteiger partial charge >= 0.3 is 0 Å². The Labute approximate surface area is 121 Å². The van der Waals surface area contributed by atoms with Gasteiger partial charge < -0.3 is 10.1 Å². The lowest BCUT2D eigenvalue weighted by Crippen LogP contribution is -2.32. The third kappa shape index (κ3) is 3.17. The Kier molecular flexibility index (Phi) is 4.99. The molecule has 1 heterocycles. The third-order valence-corrected chi connectivity index (χ3v) is 4.28. The van der Waals surface area contributed by atoms with E-state index in [1.807, 2.05) is 6.92 Å². The highest BCUT2D eigenvalue weighted by Crippen LogP contribution is 2.27. The van der Waals surface area contributed by atoms with E-state index in [9.17, 15) is 4.79 Å². The Morgan fingerprint density at radius 1 is 1.58 bits per heavy atom. The van der Waals surface area contributed by atoms with E-state index < -0.39 is 0 Å². The van der Waals surface area contributed by atoms with E-state index in [1.165, 1.54) is 4.68 Å². The first-order valence-corrected chi connectivity index (χ1v) is 7.51. The number of halogens is 1. The summed E-state index contributed by atoms with van der Waals surface area (Å²) in [6.07, 6.45) is 6.08. The second kappa shape index (κ2) is 6.52. The first kappa shape index (κ1) is 14.5. The number of methoxy groups -OCH3 is 1. The maximum absolute atomic E-state index is 12.1. The molecular weight excluding hydrogens is 310 g/mol. The van der Waals surface area contributed by atoms with Gasteiger partial charge in [0, 0.05) is 13.7 Å². The summed E-state index contributed by atoms with van der Waals surface area (Å²) >= 11 is 3.37. The van der Waals surface area contributed by atoms with Gasteiger partial charge in [-0.15, -0.1) is 0 Å². The number of anilines is 1. The van der Waals surface area contributed by atoms with Crippen molar-refractivity contribution in [2.45, 2.75) is 51.3 Å².